The van der Waals surface area contributed by atoms with E-state index in [1.54, 1.807) is 25.1 Å². The van der Waals surface area contributed by atoms with E-state index < -0.39 is 11.8 Å². The molecule has 0 bridgehead atoms. The van der Waals surface area contributed by atoms with Gasteiger partial charge in [0, 0.05) is 37.8 Å². The van der Waals surface area contributed by atoms with E-state index in [1.807, 2.05) is 26.0 Å². The Kier molecular flexibility index (Phi) is 8.10. The second kappa shape index (κ2) is 11.4. The van der Waals surface area contributed by atoms with Gasteiger partial charge in [-0.3, -0.25) is 14.5 Å². The molecule has 4 rings (SSSR count). The van der Waals surface area contributed by atoms with Gasteiger partial charge in [-0.15, -0.1) is 0 Å². The molecule has 0 radical (unpaired) electrons. The standard InChI is InChI=1S/C27H32N4O6/c1-4-28-27(35)24-23(25(37-30-24)20-13-19(16(2)3)21(32)14-22(20)33)29-26(34)18-7-5-17(6-8-18)15-31-9-11-36-12-10-31/h5-8,13-14,16,32-33H,4,9-12,15H2,1-3H3,(H,28,35)(H,29,34). The van der Waals surface area contributed by atoms with E-state index >= 15 is 0 Å². The van der Waals surface area contributed by atoms with Crippen LogP contribution in [0, 0.1) is 0 Å². The quantitative estimate of drug-likeness (QED) is 0.361. The highest BCUT2D eigenvalue weighted by atomic mass is 16.5. The predicted molar refractivity (Wildman–Crippen MR) is 138 cm³/mol. The number of phenolic OH excluding ortho intramolecular Hbond substituents is 2. The van der Waals surface area contributed by atoms with Gasteiger partial charge in [0.1, 0.15) is 17.2 Å². The summed E-state index contributed by atoms with van der Waals surface area (Å²) in [6, 6.07) is 10.00. The van der Waals surface area contributed by atoms with Crippen LogP contribution in [0.4, 0.5) is 5.69 Å². The number of morpholine rings is 1. The van der Waals surface area contributed by atoms with Gasteiger partial charge in [0.25, 0.3) is 11.8 Å². The molecule has 10 nitrogen and oxygen atoms in total. The molecule has 4 N–H and O–H groups in total. The normalized spacial score (nSPS) is 14.1. The molecule has 1 saturated heterocycles. The zero-order valence-electron chi connectivity index (χ0n) is 21.2. The lowest BCUT2D eigenvalue weighted by Gasteiger charge is -2.26. The molecule has 1 aromatic heterocycles. The summed E-state index contributed by atoms with van der Waals surface area (Å²) in [4.78, 5) is 28.2. The Labute approximate surface area is 215 Å². The van der Waals surface area contributed by atoms with Crippen molar-refractivity contribution in [3.8, 4) is 22.8 Å². The number of nitrogens with zero attached hydrogens (tertiary/aromatic N) is 2. The van der Waals surface area contributed by atoms with Crippen molar-refractivity contribution in [2.45, 2.75) is 33.2 Å². The molecule has 1 aliphatic heterocycles. The van der Waals surface area contributed by atoms with Gasteiger partial charge in [0.2, 0.25) is 0 Å². The minimum Gasteiger partial charge on any atom is -0.508 e. The van der Waals surface area contributed by atoms with Crippen LogP contribution in [0.25, 0.3) is 11.3 Å². The van der Waals surface area contributed by atoms with Gasteiger partial charge < -0.3 is 30.1 Å². The Morgan fingerprint density at radius 3 is 2.41 bits per heavy atom. The third-order valence-corrected chi connectivity index (χ3v) is 6.22. The minimum absolute atomic E-state index is 0.0120. The molecule has 3 aromatic rings. The van der Waals surface area contributed by atoms with Gasteiger partial charge in [-0.05, 0) is 42.2 Å². The van der Waals surface area contributed by atoms with Gasteiger partial charge in [-0.1, -0.05) is 31.1 Å². The highest BCUT2D eigenvalue weighted by Crippen LogP contribution is 2.41. The SMILES string of the molecule is CCNC(=O)c1noc(-c2cc(C(C)C)c(O)cc2O)c1NC(=O)c1ccc(CN2CCOCC2)cc1. The fraction of sp³-hybridized carbons (Fsp3) is 0.370. The van der Waals surface area contributed by atoms with Gasteiger partial charge >= 0.3 is 0 Å². The van der Waals surface area contributed by atoms with E-state index in [0.29, 0.717) is 30.9 Å². The van der Waals surface area contributed by atoms with Crippen LogP contribution in [0.2, 0.25) is 0 Å². The number of anilines is 1. The number of aromatic nitrogens is 1. The number of hydrogen-bond acceptors (Lipinski definition) is 8. The number of rotatable bonds is 8. The second-order valence-electron chi connectivity index (χ2n) is 9.22. The van der Waals surface area contributed by atoms with Crippen LogP contribution in [0.1, 0.15) is 58.7 Å². The van der Waals surface area contributed by atoms with Crippen molar-refractivity contribution < 1.29 is 29.1 Å². The van der Waals surface area contributed by atoms with Crippen LogP contribution in [-0.2, 0) is 11.3 Å². The fourth-order valence-electron chi connectivity index (χ4n) is 4.19. The summed E-state index contributed by atoms with van der Waals surface area (Å²) in [6.45, 7) is 9.81. The summed E-state index contributed by atoms with van der Waals surface area (Å²) in [5.41, 5.74) is 2.13. The van der Waals surface area contributed by atoms with E-state index in [-0.39, 0.29) is 40.1 Å². The molecule has 1 aliphatic rings. The summed E-state index contributed by atoms with van der Waals surface area (Å²) in [5.74, 6) is -1.38. The first-order valence-electron chi connectivity index (χ1n) is 12.3. The maximum atomic E-state index is 13.2. The van der Waals surface area contributed by atoms with E-state index in [1.165, 1.54) is 6.07 Å². The van der Waals surface area contributed by atoms with Crippen molar-refractivity contribution in [2.24, 2.45) is 0 Å². The van der Waals surface area contributed by atoms with Gasteiger partial charge in [0.05, 0.1) is 18.8 Å². The van der Waals surface area contributed by atoms with Gasteiger partial charge in [0.15, 0.2) is 11.5 Å². The highest BCUT2D eigenvalue weighted by Gasteiger charge is 2.27. The lowest BCUT2D eigenvalue weighted by atomic mass is 9.97. The molecule has 1 fully saturated rings. The average Bonchev–Trinajstić information content (AvgIpc) is 3.28. The van der Waals surface area contributed by atoms with E-state index in [4.69, 9.17) is 9.26 Å². The van der Waals surface area contributed by atoms with Gasteiger partial charge in [-0.25, -0.2) is 0 Å². The number of hydrogen-bond donors (Lipinski definition) is 4. The number of phenols is 2. The monoisotopic (exact) mass is 508 g/mol. The first-order chi connectivity index (χ1) is 17.8. The first-order valence-corrected chi connectivity index (χ1v) is 12.3. The summed E-state index contributed by atoms with van der Waals surface area (Å²) < 4.78 is 10.9. The molecule has 2 aromatic carbocycles. The summed E-state index contributed by atoms with van der Waals surface area (Å²) in [7, 11) is 0. The zero-order chi connectivity index (χ0) is 26.5. The first kappa shape index (κ1) is 26.2. The third-order valence-electron chi connectivity index (χ3n) is 6.22. The number of amides is 2. The average molecular weight is 509 g/mol. The van der Waals surface area contributed by atoms with Gasteiger partial charge in [-0.2, -0.15) is 0 Å². The maximum Gasteiger partial charge on any atom is 0.275 e. The molecule has 0 saturated carbocycles. The number of benzene rings is 2. The Hall–Kier alpha value is -3.89. The summed E-state index contributed by atoms with van der Waals surface area (Å²) in [5, 5.41) is 30.1. The van der Waals surface area contributed by atoms with Crippen LogP contribution in [0.3, 0.4) is 0 Å². The Morgan fingerprint density at radius 2 is 1.76 bits per heavy atom. The number of ether oxygens (including phenoxy) is 1. The largest absolute Gasteiger partial charge is 0.508 e. The maximum absolute atomic E-state index is 13.2. The Balaban J connectivity index is 1.64. The number of carbonyl (C=O) groups is 2. The minimum atomic E-state index is -0.531. The molecule has 37 heavy (non-hydrogen) atoms. The molecule has 0 atom stereocenters. The summed E-state index contributed by atoms with van der Waals surface area (Å²) in [6.07, 6.45) is 0. The molecule has 10 heteroatoms. The van der Waals surface area contributed by atoms with E-state index in [9.17, 15) is 19.8 Å². The lowest BCUT2D eigenvalue weighted by molar-refractivity contribution is 0.0342. The predicted octanol–water partition coefficient (Wildman–Crippen LogP) is 3.71. The molecular formula is C27H32N4O6. The molecule has 2 heterocycles. The van der Waals surface area contributed by atoms with E-state index in [2.05, 4.69) is 20.7 Å². The molecule has 2 amide bonds. The van der Waals surface area contributed by atoms with Crippen molar-refractivity contribution in [3.05, 3.63) is 58.8 Å². The van der Waals surface area contributed by atoms with Crippen molar-refractivity contribution >= 4 is 17.5 Å². The second-order valence-corrected chi connectivity index (χ2v) is 9.22. The molecule has 0 spiro atoms. The molecular weight excluding hydrogens is 476 g/mol. The Morgan fingerprint density at radius 1 is 1.05 bits per heavy atom. The highest BCUT2D eigenvalue weighted by molar-refractivity contribution is 6.10. The van der Waals surface area contributed by atoms with Crippen LogP contribution < -0.4 is 10.6 Å². The third kappa shape index (κ3) is 5.92. The van der Waals surface area contributed by atoms with E-state index in [0.717, 1.165) is 25.2 Å². The molecule has 0 aliphatic carbocycles. The number of nitrogens with one attached hydrogen (secondary N) is 2. The topological polar surface area (TPSA) is 137 Å². The number of aromatic hydroxyl groups is 2. The fourth-order valence-corrected chi connectivity index (χ4v) is 4.19. The van der Waals surface area contributed by atoms with Crippen molar-refractivity contribution in [2.75, 3.05) is 38.2 Å². The zero-order valence-corrected chi connectivity index (χ0v) is 21.2. The molecule has 196 valence electrons. The van der Waals surface area contributed by atoms with Crippen molar-refractivity contribution in [1.29, 1.82) is 0 Å². The van der Waals surface area contributed by atoms with Crippen LogP contribution >= 0.6 is 0 Å². The van der Waals surface area contributed by atoms with Crippen molar-refractivity contribution in [3.63, 3.8) is 0 Å². The lowest BCUT2D eigenvalue weighted by Crippen LogP contribution is -2.35. The van der Waals surface area contributed by atoms with Crippen LogP contribution in [0.5, 0.6) is 11.5 Å². The molecule has 0 unspecified atom stereocenters. The van der Waals surface area contributed by atoms with Crippen molar-refractivity contribution in [1.82, 2.24) is 15.4 Å². The number of carbonyl (C=O) groups excluding carboxylic acids is 2. The summed E-state index contributed by atoms with van der Waals surface area (Å²) >= 11 is 0. The smallest absolute Gasteiger partial charge is 0.275 e. The Bertz CT molecular complexity index is 1260. The van der Waals surface area contributed by atoms with Crippen LogP contribution in [-0.4, -0.2) is 64.9 Å². The van der Waals surface area contributed by atoms with Crippen LogP contribution in [0.15, 0.2) is 40.9 Å².